The van der Waals surface area contributed by atoms with E-state index in [0.717, 1.165) is 30.2 Å². The predicted molar refractivity (Wildman–Crippen MR) is 118 cm³/mol. The molecule has 1 aliphatic carbocycles. The first-order chi connectivity index (χ1) is 15.1. The van der Waals surface area contributed by atoms with Crippen LogP contribution in [0.5, 0.6) is 0 Å². The molecule has 3 amide bonds. The molecule has 0 spiro atoms. The summed E-state index contributed by atoms with van der Waals surface area (Å²) < 4.78 is 4.63. The van der Waals surface area contributed by atoms with Gasteiger partial charge in [0.25, 0.3) is 0 Å². The lowest BCUT2D eigenvalue weighted by molar-refractivity contribution is -0.138. The van der Waals surface area contributed by atoms with E-state index in [1.54, 1.807) is 9.80 Å². The summed E-state index contributed by atoms with van der Waals surface area (Å²) in [6, 6.07) is 0. The lowest BCUT2D eigenvalue weighted by Gasteiger charge is -2.30. The summed E-state index contributed by atoms with van der Waals surface area (Å²) in [7, 11) is 0. The Hall–Kier alpha value is -2.23. The molecule has 3 aliphatic rings. The molecule has 9 nitrogen and oxygen atoms in total. The highest BCUT2D eigenvalue weighted by Gasteiger charge is 2.27. The maximum atomic E-state index is 12.9. The van der Waals surface area contributed by atoms with Gasteiger partial charge in [0.05, 0.1) is 6.54 Å². The van der Waals surface area contributed by atoms with Gasteiger partial charge in [-0.2, -0.15) is 4.37 Å². The Kier molecular flexibility index (Phi) is 7.37. The number of nitrogens with zero attached hydrogens (tertiary/aromatic N) is 5. The maximum Gasteiger partial charge on any atom is 0.242 e. The summed E-state index contributed by atoms with van der Waals surface area (Å²) in [4.78, 5) is 47.2. The van der Waals surface area contributed by atoms with E-state index >= 15 is 0 Å². The van der Waals surface area contributed by atoms with Crippen molar-refractivity contribution in [2.24, 2.45) is 0 Å². The smallest absolute Gasteiger partial charge is 0.242 e. The number of amides is 3. The zero-order valence-corrected chi connectivity index (χ0v) is 18.9. The number of nitrogens with one attached hydrogen (secondary N) is 1. The zero-order chi connectivity index (χ0) is 21.6. The van der Waals surface area contributed by atoms with Crippen LogP contribution >= 0.6 is 11.5 Å². The fraction of sp³-hybridized carbons (Fsp3) is 0.762. The summed E-state index contributed by atoms with van der Waals surface area (Å²) in [6.07, 6.45) is 7.70. The fourth-order valence-electron chi connectivity index (χ4n) is 4.58. The Balaban J connectivity index is 1.41. The molecule has 0 radical (unpaired) electrons. The zero-order valence-electron chi connectivity index (χ0n) is 18.1. The van der Waals surface area contributed by atoms with E-state index in [4.69, 9.17) is 4.98 Å². The first-order valence-corrected chi connectivity index (χ1v) is 12.3. The van der Waals surface area contributed by atoms with Crippen LogP contribution in [0.1, 0.15) is 63.1 Å². The maximum absolute atomic E-state index is 12.9. The van der Waals surface area contributed by atoms with Gasteiger partial charge >= 0.3 is 0 Å². The van der Waals surface area contributed by atoms with E-state index in [1.807, 2.05) is 0 Å². The molecule has 3 heterocycles. The summed E-state index contributed by atoms with van der Waals surface area (Å²) >= 11 is 1.41. The Bertz CT molecular complexity index is 794. The molecular formula is C21H32N6O3S. The topological polar surface area (TPSA) is 98.7 Å². The predicted octanol–water partition coefficient (Wildman–Crippen LogP) is 1.36. The van der Waals surface area contributed by atoms with Gasteiger partial charge in [0.15, 0.2) is 0 Å². The number of hydrogen-bond acceptors (Lipinski definition) is 7. The third kappa shape index (κ3) is 5.72. The molecule has 3 fully saturated rings. The van der Waals surface area contributed by atoms with E-state index in [2.05, 4.69) is 14.6 Å². The van der Waals surface area contributed by atoms with Gasteiger partial charge in [-0.3, -0.25) is 14.4 Å². The highest BCUT2D eigenvalue weighted by atomic mass is 32.1. The van der Waals surface area contributed by atoms with Gasteiger partial charge in [-0.1, -0.05) is 19.3 Å². The summed E-state index contributed by atoms with van der Waals surface area (Å²) in [5.74, 6) is 1.29. The standard InChI is InChI=1S/C21H32N6O3S/c28-17-8-11-25(19(30)15-27-10-4-7-18(27)29)13-14-26(12-9-22-17)21-23-20(24-31-21)16-5-2-1-3-6-16/h16H,1-15H2,(H,22,28). The van der Waals surface area contributed by atoms with Gasteiger partial charge in [-0.25, -0.2) is 4.98 Å². The van der Waals surface area contributed by atoms with Crippen LogP contribution in [0.4, 0.5) is 5.13 Å². The fourth-order valence-corrected chi connectivity index (χ4v) is 5.37. The van der Waals surface area contributed by atoms with Crippen LogP contribution in [0.15, 0.2) is 0 Å². The first-order valence-electron chi connectivity index (χ1n) is 11.5. The number of aromatic nitrogens is 2. The quantitative estimate of drug-likeness (QED) is 0.747. The molecule has 0 unspecified atom stereocenters. The average Bonchev–Trinajstić information content (AvgIpc) is 3.42. The van der Waals surface area contributed by atoms with Crippen molar-refractivity contribution in [3.05, 3.63) is 5.82 Å². The molecule has 31 heavy (non-hydrogen) atoms. The van der Waals surface area contributed by atoms with Crippen molar-refractivity contribution in [1.82, 2.24) is 24.5 Å². The van der Waals surface area contributed by atoms with E-state index in [0.29, 0.717) is 51.6 Å². The lowest BCUT2D eigenvalue weighted by Crippen LogP contribution is -2.47. The number of rotatable bonds is 4. The summed E-state index contributed by atoms with van der Waals surface area (Å²) in [5.41, 5.74) is 0. The Morgan fingerprint density at radius 1 is 1.00 bits per heavy atom. The molecule has 1 N–H and O–H groups in total. The number of carbonyl (C=O) groups is 3. The van der Waals surface area contributed by atoms with Crippen LogP contribution in [-0.2, 0) is 14.4 Å². The van der Waals surface area contributed by atoms with Crippen molar-refractivity contribution in [2.45, 2.75) is 57.3 Å². The molecule has 1 aromatic heterocycles. The van der Waals surface area contributed by atoms with E-state index < -0.39 is 0 Å². The minimum absolute atomic E-state index is 0.0397. The normalized spacial score (nSPS) is 22.0. The van der Waals surface area contributed by atoms with Crippen LogP contribution in [-0.4, -0.2) is 82.7 Å². The molecule has 1 aromatic rings. The molecule has 4 rings (SSSR count). The molecule has 0 bridgehead atoms. The van der Waals surface area contributed by atoms with Crippen LogP contribution in [0.2, 0.25) is 0 Å². The van der Waals surface area contributed by atoms with Crippen LogP contribution in [0.25, 0.3) is 0 Å². The van der Waals surface area contributed by atoms with Crippen molar-refractivity contribution >= 4 is 34.4 Å². The number of likely N-dealkylation sites (tertiary alicyclic amines) is 1. The summed E-state index contributed by atoms with van der Waals surface area (Å²) in [6.45, 7) is 3.43. The molecule has 0 atom stereocenters. The third-order valence-corrected chi connectivity index (χ3v) is 7.27. The van der Waals surface area contributed by atoms with Gasteiger partial charge < -0.3 is 20.0 Å². The molecular weight excluding hydrogens is 416 g/mol. The molecule has 1 saturated carbocycles. The SMILES string of the molecule is O=C1CCN(C(=O)CN2CCCC2=O)CCN(c2nc(C3CCCCC3)ns2)CCN1. The second-order valence-corrected chi connectivity index (χ2v) is 9.39. The Morgan fingerprint density at radius 3 is 2.61 bits per heavy atom. The highest BCUT2D eigenvalue weighted by molar-refractivity contribution is 7.09. The first kappa shape index (κ1) is 22.0. The molecule has 2 aliphatic heterocycles. The molecule has 2 saturated heterocycles. The largest absolute Gasteiger partial charge is 0.354 e. The van der Waals surface area contributed by atoms with Crippen molar-refractivity contribution < 1.29 is 14.4 Å². The van der Waals surface area contributed by atoms with Crippen LogP contribution in [0.3, 0.4) is 0 Å². The van der Waals surface area contributed by atoms with Gasteiger partial charge in [0.2, 0.25) is 22.9 Å². The van der Waals surface area contributed by atoms with E-state index in [-0.39, 0.29) is 30.7 Å². The van der Waals surface area contributed by atoms with Crippen LogP contribution < -0.4 is 10.2 Å². The molecule has 170 valence electrons. The number of hydrogen-bond donors (Lipinski definition) is 1. The third-order valence-electron chi connectivity index (χ3n) is 6.47. The number of anilines is 1. The van der Waals surface area contributed by atoms with Gasteiger partial charge in [-0.05, 0) is 19.3 Å². The van der Waals surface area contributed by atoms with Crippen molar-refractivity contribution in [3.63, 3.8) is 0 Å². The van der Waals surface area contributed by atoms with Gasteiger partial charge in [0, 0.05) is 69.6 Å². The van der Waals surface area contributed by atoms with Crippen molar-refractivity contribution in [1.29, 1.82) is 0 Å². The minimum atomic E-state index is -0.0938. The average molecular weight is 449 g/mol. The second-order valence-electron chi connectivity index (χ2n) is 8.66. The monoisotopic (exact) mass is 448 g/mol. The second kappa shape index (κ2) is 10.4. The van der Waals surface area contributed by atoms with Gasteiger partial charge in [0.1, 0.15) is 5.82 Å². The minimum Gasteiger partial charge on any atom is -0.354 e. The van der Waals surface area contributed by atoms with E-state index in [1.165, 1.54) is 30.8 Å². The number of carbonyl (C=O) groups excluding carboxylic acids is 3. The van der Waals surface area contributed by atoms with Gasteiger partial charge in [-0.15, -0.1) is 0 Å². The highest BCUT2D eigenvalue weighted by Crippen LogP contribution is 2.33. The lowest BCUT2D eigenvalue weighted by atomic mass is 9.89. The molecule has 0 aromatic carbocycles. The van der Waals surface area contributed by atoms with Crippen LogP contribution in [0, 0.1) is 0 Å². The van der Waals surface area contributed by atoms with E-state index in [9.17, 15) is 14.4 Å². The van der Waals surface area contributed by atoms with Crippen molar-refractivity contribution in [3.8, 4) is 0 Å². The van der Waals surface area contributed by atoms with Crippen molar-refractivity contribution in [2.75, 3.05) is 50.7 Å². The summed E-state index contributed by atoms with van der Waals surface area (Å²) in [5, 5.41) is 3.79. The Labute approximate surface area is 187 Å². The Morgan fingerprint density at radius 2 is 1.84 bits per heavy atom. The molecule has 10 heteroatoms.